The van der Waals surface area contributed by atoms with Crippen LogP contribution >= 0.6 is 0 Å². The van der Waals surface area contributed by atoms with Crippen LogP contribution < -0.4 is 10.1 Å². The first-order valence-corrected chi connectivity index (χ1v) is 9.81. The van der Waals surface area contributed by atoms with E-state index < -0.39 is 18.0 Å². The summed E-state index contributed by atoms with van der Waals surface area (Å²) in [7, 11) is 1.53. The van der Waals surface area contributed by atoms with Gasteiger partial charge < -0.3 is 14.8 Å². The van der Waals surface area contributed by atoms with Gasteiger partial charge in [0.2, 0.25) is 0 Å². The molecular weight excluding hydrogens is 378 g/mol. The third-order valence-electron chi connectivity index (χ3n) is 4.82. The molecule has 0 radical (unpaired) electrons. The fraction of sp³-hybridized carbons (Fsp3) is 0.200. The molecule has 1 atom stereocenters. The molecule has 0 aromatic heterocycles. The van der Waals surface area contributed by atoms with E-state index in [-0.39, 0.29) is 12.3 Å². The molecule has 1 N–H and O–H groups in total. The third-order valence-corrected chi connectivity index (χ3v) is 4.82. The van der Waals surface area contributed by atoms with Gasteiger partial charge in [0.05, 0.1) is 19.2 Å². The van der Waals surface area contributed by atoms with E-state index in [1.54, 1.807) is 25.1 Å². The summed E-state index contributed by atoms with van der Waals surface area (Å²) in [5.41, 5.74) is 2.57. The lowest BCUT2D eigenvalue weighted by Gasteiger charge is -2.19. The first kappa shape index (κ1) is 21.1. The van der Waals surface area contributed by atoms with E-state index in [1.165, 1.54) is 7.11 Å². The largest absolute Gasteiger partial charge is 0.495 e. The van der Waals surface area contributed by atoms with Crippen molar-refractivity contribution in [3.05, 3.63) is 96.1 Å². The molecule has 30 heavy (non-hydrogen) atoms. The first-order chi connectivity index (χ1) is 14.6. The molecule has 3 aromatic carbocycles. The van der Waals surface area contributed by atoms with Gasteiger partial charge in [-0.3, -0.25) is 9.59 Å². The Morgan fingerprint density at radius 2 is 1.37 bits per heavy atom. The molecule has 3 rings (SSSR count). The average molecular weight is 403 g/mol. The highest BCUT2D eigenvalue weighted by Gasteiger charge is 2.23. The molecule has 0 saturated carbocycles. The summed E-state index contributed by atoms with van der Waals surface area (Å²) in [5.74, 6) is -0.457. The Kier molecular flexibility index (Phi) is 7.22. The molecule has 0 saturated heterocycles. The van der Waals surface area contributed by atoms with Crippen LogP contribution in [0.5, 0.6) is 5.75 Å². The molecule has 3 aromatic rings. The first-order valence-electron chi connectivity index (χ1n) is 9.81. The summed E-state index contributed by atoms with van der Waals surface area (Å²) in [5, 5.41) is 2.74. The van der Waals surface area contributed by atoms with E-state index in [2.05, 4.69) is 5.32 Å². The Morgan fingerprint density at radius 3 is 1.93 bits per heavy atom. The van der Waals surface area contributed by atoms with Crippen LogP contribution in [0, 0.1) is 0 Å². The number of nitrogens with one attached hydrogen (secondary N) is 1. The van der Waals surface area contributed by atoms with E-state index in [0.717, 1.165) is 11.1 Å². The highest BCUT2D eigenvalue weighted by Crippen LogP contribution is 2.28. The number of para-hydroxylation sites is 2. The van der Waals surface area contributed by atoms with Crippen molar-refractivity contribution >= 4 is 17.6 Å². The third kappa shape index (κ3) is 5.47. The zero-order chi connectivity index (χ0) is 21.3. The Hall–Kier alpha value is -3.60. The summed E-state index contributed by atoms with van der Waals surface area (Å²) in [4.78, 5) is 25.2. The van der Waals surface area contributed by atoms with Crippen molar-refractivity contribution in [2.45, 2.75) is 25.4 Å². The number of hydrogen-bond acceptors (Lipinski definition) is 4. The lowest BCUT2D eigenvalue weighted by Crippen LogP contribution is -2.30. The van der Waals surface area contributed by atoms with Gasteiger partial charge in [0.1, 0.15) is 5.75 Å². The van der Waals surface area contributed by atoms with Crippen molar-refractivity contribution in [1.29, 1.82) is 0 Å². The van der Waals surface area contributed by atoms with Crippen molar-refractivity contribution in [1.82, 2.24) is 0 Å². The smallest absolute Gasteiger partial charge is 0.307 e. The molecule has 5 heteroatoms. The second-order valence-corrected chi connectivity index (χ2v) is 6.90. The molecule has 0 spiro atoms. The summed E-state index contributed by atoms with van der Waals surface area (Å²) < 4.78 is 10.7. The number of rotatable bonds is 8. The Bertz CT molecular complexity index is 933. The second-order valence-electron chi connectivity index (χ2n) is 6.90. The molecule has 0 aliphatic carbocycles. The fourth-order valence-electron chi connectivity index (χ4n) is 3.25. The van der Waals surface area contributed by atoms with Crippen LogP contribution in [0.2, 0.25) is 0 Å². The molecule has 0 unspecified atom stereocenters. The van der Waals surface area contributed by atoms with Gasteiger partial charge in [0.25, 0.3) is 5.91 Å². The number of carbonyl (C=O) groups excluding carboxylic acids is 2. The predicted octanol–water partition coefficient (Wildman–Crippen LogP) is 4.79. The zero-order valence-electron chi connectivity index (χ0n) is 17.1. The van der Waals surface area contributed by atoms with Gasteiger partial charge in [-0.2, -0.15) is 0 Å². The number of esters is 1. The highest BCUT2D eigenvalue weighted by molar-refractivity contribution is 5.96. The summed E-state index contributed by atoms with van der Waals surface area (Å²) in [6.07, 6.45) is -0.796. The van der Waals surface area contributed by atoms with Gasteiger partial charge in [0, 0.05) is 5.92 Å². The minimum atomic E-state index is -0.936. The molecule has 0 aliphatic heterocycles. The summed E-state index contributed by atoms with van der Waals surface area (Å²) in [6.45, 7) is 1.56. The number of hydrogen-bond donors (Lipinski definition) is 1. The quantitative estimate of drug-likeness (QED) is 0.550. The minimum absolute atomic E-state index is 0.139. The van der Waals surface area contributed by atoms with Crippen molar-refractivity contribution in [2.24, 2.45) is 0 Å². The lowest BCUT2D eigenvalue weighted by molar-refractivity contribution is -0.153. The minimum Gasteiger partial charge on any atom is -0.495 e. The number of anilines is 1. The van der Waals surface area contributed by atoms with Crippen molar-refractivity contribution in [2.75, 3.05) is 12.4 Å². The normalized spacial score (nSPS) is 11.6. The Morgan fingerprint density at radius 1 is 0.833 bits per heavy atom. The van der Waals surface area contributed by atoms with E-state index in [9.17, 15) is 9.59 Å². The van der Waals surface area contributed by atoms with Crippen molar-refractivity contribution < 1.29 is 19.1 Å². The number of ether oxygens (including phenoxy) is 2. The number of carbonyl (C=O) groups is 2. The van der Waals surface area contributed by atoms with Crippen LogP contribution in [0.1, 0.15) is 30.4 Å². The highest BCUT2D eigenvalue weighted by atomic mass is 16.5. The summed E-state index contributed by atoms with van der Waals surface area (Å²) in [6, 6.07) is 26.7. The van der Waals surface area contributed by atoms with Gasteiger partial charge in [-0.25, -0.2) is 0 Å². The molecule has 0 fully saturated rings. The predicted molar refractivity (Wildman–Crippen MR) is 117 cm³/mol. The van der Waals surface area contributed by atoms with Gasteiger partial charge in [-0.1, -0.05) is 72.8 Å². The molecular formula is C25H25NO4. The SMILES string of the molecule is COc1ccccc1NC(=O)[C@@H](C)OC(=O)CC(c1ccccc1)c1ccccc1. The van der Waals surface area contributed by atoms with Gasteiger partial charge >= 0.3 is 5.97 Å². The van der Waals surface area contributed by atoms with Gasteiger partial charge in [0.15, 0.2) is 6.10 Å². The van der Waals surface area contributed by atoms with Gasteiger partial charge in [-0.15, -0.1) is 0 Å². The van der Waals surface area contributed by atoms with Crippen molar-refractivity contribution in [3.63, 3.8) is 0 Å². The van der Waals surface area contributed by atoms with Crippen LogP contribution in [0.15, 0.2) is 84.9 Å². The standard InChI is InChI=1S/C25H25NO4/c1-18(25(28)26-22-15-9-10-16-23(22)29-2)30-24(27)17-21(19-11-5-3-6-12-19)20-13-7-4-8-14-20/h3-16,18,21H,17H2,1-2H3,(H,26,28)/t18-/m1/s1. The van der Waals surface area contributed by atoms with Crippen LogP contribution in [-0.2, 0) is 14.3 Å². The topological polar surface area (TPSA) is 64.6 Å². The maximum absolute atomic E-state index is 12.7. The van der Waals surface area contributed by atoms with Crippen molar-refractivity contribution in [3.8, 4) is 5.75 Å². The van der Waals surface area contributed by atoms with Crippen LogP contribution in [0.3, 0.4) is 0 Å². The monoisotopic (exact) mass is 403 g/mol. The second kappa shape index (κ2) is 10.3. The Balaban J connectivity index is 1.67. The van der Waals surface area contributed by atoms with E-state index in [4.69, 9.17) is 9.47 Å². The van der Waals surface area contributed by atoms with Crippen LogP contribution in [0.4, 0.5) is 5.69 Å². The van der Waals surface area contributed by atoms with E-state index in [1.807, 2.05) is 66.7 Å². The summed E-state index contributed by atoms with van der Waals surface area (Å²) >= 11 is 0. The number of methoxy groups -OCH3 is 1. The Labute approximate surface area is 176 Å². The maximum Gasteiger partial charge on any atom is 0.307 e. The van der Waals surface area contributed by atoms with Crippen LogP contribution in [0.25, 0.3) is 0 Å². The van der Waals surface area contributed by atoms with Gasteiger partial charge in [-0.05, 0) is 30.2 Å². The molecule has 154 valence electrons. The fourth-order valence-corrected chi connectivity index (χ4v) is 3.25. The van der Waals surface area contributed by atoms with Crippen LogP contribution in [-0.4, -0.2) is 25.1 Å². The molecule has 0 heterocycles. The van der Waals surface area contributed by atoms with E-state index in [0.29, 0.717) is 11.4 Å². The van der Waals surface area contributed by atoms with E-state index >= 15 is 0 Å². The molecule has 0 bridgehead atoms. The average Bonchev–Trinajstić information content (AvgIpc) is 2.79. The molecule has 5 nitrogen and oxygen atoms in total. The maximum atomic E-state index is 12.7. The zero-order valence-corrected chi connectivity index (χ0v) is 17.1. The lowest BCUT2D eigenvalue weighted by atomic mass is 9.88. The number of amides is 1. The molecule has 0 aliphatic rings. The molecule has 1 amide bonds. The number of benzene rings is 3.